The van der Waals surface area contributed by atoms with E-state index >= 15 is 0 Å². The van der Waals surface area contributed by atoms with Crippen LogP contribution in [-0.4, -0.2) is 32.5 Å². The van der Waals surface area contributed by atoms with Crippen molar-refractivity contribution >= 4 is 24.0 Å². The zero-order valence-corrected chi connectivity index (χ0v) is 12.5. The third-order valence-corrected chi connectivity index (χ3v) is 2.83. The third kappa shape index (κ3) is 3.58. The molecule has 110 valence electrons. The van der Waals surface area contributed by atoms with Gasteiger partial charge in [0.25, 0.3) is 0 Å². The molecule has 0 aliphatic rings. The first-order valence-electron chi connectivity index (χ1n) is 6.13. The van der Waals surface area contributed by atoms with E-state index < -0.39 is 6.04 Å². The summed E-state index contributed by atoms with van der Waals surface area (Å²) in [4.78, 5) is 12.2. The van der Waals surface area contributed by atoms with Crippen molar-refractivity contribution in [3.63, 3.8) is 0 Å². The zero-order chi connectivity index (χ0) is 13.8. The lowest BCUT2D eigenvalue weighted by atomic mass is 10.1. The molecular weight excluding hydrogens is 280 g/mol. The maximum absolute atomic E-state index is 12.2. The quantitative estimate of drug-likeness (QED) is 0.862. The number of halogens is 1. The van der Waals surface area contributed by atoms with E-state index in [2.05, 4.69) is 20.8 Å². The van der Waals surface area contributed by atoms with Crippen LogP contribution in [0, 0.1) is 0 Å². The fraction of sp³-hybridized carbons (Fsp3) is 0.417. The molecule has 7 nitrogen and oxygen atoms in total. The first-order chi connectivity index (χ1) is 9.13. The number of aromatic nitrogens is 4. The maximum Gasteiger partial charge on any atom is 0.246 e. The second-order valence-corrected chi connectivity index (χ2v) is 4.24. The molecule has 0 fully saturated rings. The first kappa shape index (κ1) is 16.2. The summed E-state index contributed by atoms with van der Waals surface area (Å²) in [6.07, 6.45) is 6.93. The SMILES string of the molecule is CCn1cc(NC(=O)C(NC)c2cnn(C)c2)cn1.Cl. The number of nitrogens with one attached hydrogen (secondary N) is 2. The van der Waals surface area contributed by atoms with Gasteiger partial charge < -0.3 is 10.6 Å². The summed E-state index contributed by atoms with van der Waals surface area (Å²) >= 11 is 0. The fourth-order valence-electron chi connectivity index (χ4n) is 1.85. The van der Waals surface area contributed by atoms with E-state index in [1.54, 1.807) is 35.0 Å². The highest BCUT2D eigenvalue weighted by Crippen LogP contribution is 2.14. The second kappa shape index (κ2) is 7.06. The molecule has 2 rings (SSSR count). The number of likely N-dealkylation sites (N-methyl/N-ethyl adjacent to an activating group) is 1. The summed E-state index contributed by atoms with van der Waals surface area (Å²) in [5.41, 5.74) is 1.52. The van der Waals surface area contributed by atoms with Crippen molar-refractivity contribution in [3.05, 3.63) is 30.4 Å². The van der Waals surface area contributed by atoms with Gasteiger partial charge in [-0.1, -0.05) is 0 Å². The van der Waals surface area contributed by atoms with Gasteiger partial charge in [0, 0.05) is 31.5 Å². The molecule has 2 heterocycles. The smallest absolute Gasteiger partial charge is 0.246 e. The zero-order valence-electron chi connectivity index (χ0n) is 11.7. The number of amides is 1. The lowest BCUT2D eigenvalue weighted by Crippen LogP contribution is -2.30. The van der Waals surface area contributed by atoms with Crippen molar-refractivity contribution in [2.24, 2.45) is 7.05 Å². The molecule has 8 heteroatoms. The Labute approximate surface area is 123 Å². The van der Waals surface area contributed by atoms with Crippen molar-refractivity contribution in [1.29, 1.82) is 0 Å². The van der Waals surface area contributed by atoms with E-state index in [0.29, 0.717) is 5.69 Å². The van der Waals surface area contributed by atoms with Gasteiger partial charge in [-0.3, -0.25) is 14.2 Å². The highest BCUT2D eigenvalue weighted by atomic mass is 35.5. The van der Waals surface area contributed by atoms with E-state index in [9.17, 15) is 4.79 Å². The molecule has 1 atom stereocenters. The van der Waals surface area contributed by atoms with Crippen LogP contribution in [0.15, 0.2) is 24.8 Å². The summed E-state index contributed by atoms with van der Waals surface area (Å²) < 4.78 is 3.43. The van der Waals surface area contributed by atoms with Crippen molar-refractivity contribution in [1.82, 2.24) is 24.9 Å². The van der Waals surface area contributed by atoms with Crippen LogP contribution in [0.4, 0.5) is 5.69 Å². The van der Waals surface area contributed by atoms with Gasteiger partial charge in [0.1, 0.15) is 6.04 Å². The molecule has 20 heavy (non-hydrogen) atoms. The Morgan fingerprint density at radius 2 is 2.10 bits per heavy atom. The third-order valence-electron chi connectivity index (χ3n) is 2.83. The molecular formula is C12H19ClN6O. The summed E-state index contributed by atoms with van der Waals surface area (Å²) in [5, 5.41) is 14.0. The van der Waals surface area contributed by atoms with Crippen LogP contribution < -0.4 is 10.6 Å². The molecule has 0 radical (unpaired) electrons. The Balaban J connectivity index is 0.00000200. The van der Waals surface area contributed by atoms with Gasteiger partial charge in [0.15, 0.2) is 0 Å². The number of aryl methyl sites for hydroxylation is 2. The average molecular weight is 299 g/mol. The molecule has 2 N–H and O–H groups in total. The van der Waals surface area contributed by atoms with Gasteiger partial charge >= 0.3 is 0 Å². The molecule has 0 aromatic carbocycles. The number of hydrogen-bond acceptors (Lipinski definition) is 4. The molecule has 0 aliphatic carbocycles. The summed E-state index contributed by atoms with van der Waals surface area (Å²) in [7, 11) is 3.56. The molecule has 0 bridgehead atoms. The van der Waals surface area contributed by atoms with E-state index in [1.165, 1.54) is 0 Å². The largest absolute Gasteiger partial charge is 0.322 e. The molecule has 0 spiro atoms. The first-order valence-corrected chi connectivity index (χ1v) is 6.13. The number of rotatable bonds is 5. The van der Waals surface area contributed by atoms with Gasteiger partial charge in [-0.05, 0) is 14.0 Å². The van der Waals surface area contributed by atoms with Crippen LogP contribution in [0.25, 0.3) is 0 Å². The Kier molecular flexibility index (Phi) is 5.72. The second-order valence-electron chi connectivity index (χ2n) is 4.24. The number of nitrogens with zero attached hydrogens (tertiary/aromatic N) is 4. The van der Waals surface area contributed by atoms with E-state index in [4.69, 9.17) is 0 Å². The number of anilines is 1. The molecule has 1 unspecified atom stereocenters. The number of carbonyl (C=O) groups excluding carboxylic acids is 1. The van der Waals surface area contributed by atoms with Crippen molar-refractivity contribution < 1.29 is 4.79 Å². The minimum Gasteiger partial charge on any atom is -0.322 e. The summed E-state index contributed by atoms with van der Waals surface area (Å²) in [5.74, 6) is -0.133. The predicted octanol–water partition coefficient (Wildman–Crippen LogP) is 0.957. The van der Waals surface area contributed by atoms with Gasteiger partial charge in [0.2, 0.25) is 5.91 Å². The Hall–Kier alpha value is -1.86. The lowest BCUT2D eigenvalue weighted by Gasteiger charge is -2.13. The summed E-state index contributed by atoms with van der Waals surface area (Å²) in [6.45, 7) is 2.76. The fourth-order valence-corrected chi connectivity index (χ4v) is 1.85. The van der Waals surface area contributed by atoms with Crippen LogP contribution in [0.2, 0.25) is 0 Å². The van der Waals surface area contributed by atoms with E-state index in [0.717, 1.165) is 12.1 Å². The monoisotopic (exact) mass is 298 g/mol. The Bertz CT molecular complexity index is 564. The molecule has 2 aromatic heterocycles. The topological polar surface area (TPSA) is 76.8 Å². The van der Waals surface area contributed by atoms with Crippen LogP contribution >= 0.6 is 12.4 Å². The van der Waals surface area contributed by atoms with Gasteiger partial charge in [-0.2, -0.15) is 10.2 Å². The molecule has 0 saturated heterocycles. The van der Waals surface area contributed by atoms with Crippen molar-refractivity contribution in [2.75, 3.05) is 12.4 Å². The van der Waals surface area contributed by atoms with E-state index in [1.807, 2.05) is 20.2 Å². The highest BCUT2D eigenvalue weighted by Gasteiger charge is 2.20. The van der Waals surface area contributed by atoms with Gasteiger partial charge in [-0.25, -0.2) is 0 Å². The van der Waals surface area contributed by atoms with Crippen LogP contribution in [-0.2, 0) is 18.4 Å². The van der Waals surface area contributed by atoms with Crippen LogP contribution in [0.5, 0.6) is 0 Å². The lowest BCUT2D eigenvalue weighted by molar-refractivity contribution is -0.118. The molecule has 2 aromatic rings. The Morgan fingerprint density at radius 1 is 1.35 bits per heavy atom. The van der Waals surface area contributed by atoms with Crippen molar-refractivity contribution in [2.45, 2.75) is 19.5 Å². The minimum atomic E-state index is -0.432. The summed E-state index contributed by atoms with van der Waals surface area (Å²) in [6, 6.07) is -0.432. The average Bonchev–Trinajstić information content (AvgIpc) is 3.00. The highest BCUT2D eigenvalue weighted by molar-refractivity contribution is 5.95. The number of hydrogen-bond donors (Lipinski definition) is 2. The van der Waals surface area contributed by atoms with Crippen LogP contribution in [0.1, 0.15) is 18.5 Å². The van der Waals surface area contributed by atoms with E-state index in [-0.39, 0.29) is 18.3 Å². The molecule has 0 saturated carbocycles. The van der Waals surface area contributed by atoms with Crippen molar-refractivity contribution in [3.8, 4) is 0 Å². The van der Waals surface area contributed by atoms with Gasteiger partial charge in [-0.15, -0.1) is 12.4 Å². The maximum atomic E-state index is 12.2. The Morgan fingerprint density at radius 3 is 2.60 bits per heavy atom. The standard InChI is InChI=1S/C12H18N6O.ClH/c1-4-18-8-10(6-15-18)16-12(19)11(13-2)9-5-14-17(3)7-9;/h5-8,11,13H,4H2,1-3H3,(H,16,19);1H. The van der Waals surface area contributed by atoms with Gasteiger partial charge in [0.05, 0.1) is 18.1 Å². The minimum absolute atomic E-state index is 0. The molecule has 1 amide bonds. The normalized spacial score (nSPS) is 11.8. The number of carbonyl (C=O) groups is 1. The predicted molar refractivity (Wildman–Crippen MR) is 78.8 cm³/mol. The molecule has 0 aliphatic heterocycles. The van der Waals surface area contributed by atoms with Crippen LogP contribution in [0.3, 0.4) is 0 Å².